The van der Waals surface area contributed by atoms with Crippen molar-refractivity contribution in [2.24, 2.45) is 7.05 Å². The van der Waals surface area contributed by atoms with E-state index in [1.54, 1.807) is 43.6 Å². The van der Waals surface area contributed by atoms with Crippen LogP contribution in [0.3, 0.4) is 0 Å². The molecule has 1 aliphatic rings. The second kappa shape index (κ2) is 10.1. The maximum absolute atomic E-state index is 12.8. The molecule has 2 N–H and O–H groups in total. The molecule has 1 aliphatic heterocycles. The number of aryl methyl sites for hydroxylation is 1. The molecule has 11 heteroatoms. The SMILES string of the molecule is C[C@@H](CN1CCC1OC=O)NC(=O)c1cc(-c2ccnc(Nc3cccc(C#N)c3)n2)nn1C. The van der Waals surface area contributed by atoms with Gasteiger partial charge in [-0.25, -0.2) is 9.97 Å². The van der Waals surface area contributed by atoms with Gasteiger partial charge in [0.05, 0.1) is 17.3 Å². The van der Waals surface area contributed by atoms with Crippen LogP contribution >= 0.6 is 0 Å². The lowest BCUT2D eigenvalue weighted by Crippen LogP contribution is -2.54. The van der Waals surface area contributed by atoms with Crippen LogP contribution in [0.1, 0.15) is 29.4 Å². The summed E-state index contributed by atoms with van der Waals surface area (Å²) in [5, 5.41) is 19.5. The van der Waals surface area contributed by atoms with Crippen LogP contribution in [0.15, 0.2) is 42.6 Å². The molecule has 0 aliphatic carbocycles. The molecule has 2 aromatic heterocycles. The minimum Gasteiger partial charge on any atom is -0.448 e. The van der Waals surface area contributed by atoms with E-state index in [1.807, 2.05) is 17.9 Å². The molecule has 0 spiro atoms. The third kappa shape index (κ3) is 5.19. The highest BCUT2D eigenvalue weighted by molar-refractivity contribution is 5.93. The van der Waals surface area contributed by atoms with Crippen molar-refractivity contribution < 1.29 is 14.3 Å². The molecular formula is C23H24N8O3. The third-order valence-corrected chi connectivity index (χ3v) is 5.45. The van der Waals surface area contributed by atoms with Crippen LogP contribution in [0.5, 0.6) is 0 Å². The van der Waals surface area contributed by atoms with Gasteiger partial charge in [0.25, 0.3) is 12.4 Å². The Hall–Kier alpha value is -4.30. The van der Waals surface area contributed by atoms with Gasteiger partial charge in [0, 0.05) is 44.5 Å². The number of nitrogens with one attached hydrogen (secondary N) is 2. The molecule has 0 radical (unpaired) electrons. The molecule has 1 amide bonds. The summed E-state index contributed by atoms with van der Waals surface area (Å²) in [5.74, 6) is 0.0855. The van der Waals surface area contributed by atoms with Crippen molar-refractivity contribution in [3.05, 3.63) is 53.9 Å². The number of anilines is 2. The molecule has 1 unspecified atom stereocenters. The molecule has 1 fully saturated rings. The number of nitrogens with zero attached hydrogens (tertiary/aromatic N) is 6. The number of likely N-dealkylation sites (tertiary alicyclic amines) is 1. The van der Waals surface area contributed by atoms with Gasteiger partial charge in [-0.15, -0.1) is 0 Å². The molecule has 1 saturated heterocycles. The summed E-state index contributed by atoms with van der Waals surface area (Å²) < 4.78 is 6.50. The molecule has 4 rings (SSSR count). The summed E-state index contributed by atoms with van der Waals surface area (Å²) in [4.78, 5) is 34.1. The number of benzene rings is 1. The van der Waals surface area contributed by atoms with Crippen molar-refractivity contribution in [3.8, 4) is 17.5 Å². The Balaban J connectivity index is 1.43. The lowest BCUT2D eigenvalue weighted by atomic mass is 10.1. The van der Waals surface area contributed by atoms with Gasteiger partial charge in [0.1, 0.15) is 11.4 Å². The van der Waals surface area contributed by atoms with Crippen LogP contribution < -0.4 is 10.6 Å². The minimum absolute atomic E-state index is 0.150. The van der Waals surface area contributed by atoms with Gasteiger partial charge in [-0.05, 0) is 37.3 Å². The van der Waals surface area contributed by atoms with Crippen LogP contribution in [-0.2, 0) is 16.6 Å². The van der Waals surface area contributed by atoms with Crippen molar-refractivity contribution >= 4 is 24.0 Å². The zero-order chi connectivity index (χ0) is 24.1. The van der Waals surface area contributed by atoms with Crippen molar-refractivity contribution in [3.63, 3.8) is 0 Å². The van der Waals surface area contributed by atoms with Gasteiger partial charge in [-0.2, -0.15) is 10.4 Å². The van der Waals surface area contributed by atoms with E-state index in [4.69, 9.17) is 10.00 Å². The predicted molar refractivity (Wildman–Crippen MR) is 123 cm³/mol. The van der Waals surface area contributed by atoms with E-state index in [0.717, 1.165) is 13.0 Å². The first-order chi connectivity index (χ1) is 16.5. The Kier molecular flexibility index (Phi) is 6.79. The van der Waals surface area contributed by atoms with Crippen LogP contribution in [0.25, 0.3) is 11.4 Å². The van der Waals surface area contributed by atoms with Crippen LogP contribution in [-0.4, -0.2) is 62.4 Å². The van der Waals surface area contributed by atoms with Gasteiger partial charge in [0.2, 0.25) is 5.95 Å². The molecule has 3 heterocycles. The molecule has 2 atom stereocenters. The number of nitriles is 1. The number of amides is 1. The topological polar surface area (TPSA) is 138 Å². The maximum atomic E-state index is 12.8. The zero-order valence-electron chi connectivity index (χ0n) is 18.8. The van der Waals surface area contributed by atoms with Crippen molar-refractivity contribution in [1.29, 1.82) is 5.26 Å². The molecule has 11 nitrogen and oxygen atoms in total. The third-order valence-electron chi connectivity index (χ3n) is 5.45. The lowest BCUT2D eigenvalue weighted by Gasteiger charge is -2.40. The summed E-state index contributed by atoms with van der Waals surface area (Å²) in [5.41, 5.74) is 2.68. The van der Waals surface area contributed by atoms with Crippen molar-refractivity contribution in [1.82, 2.24) is 30.0 Å². The molecule has 1 aromatic carbocycles. The summed E-state index contributed by atoms with van der Waals surface area (Å²) in [6.07, 6.45) is 2.17. The Morgan fingerprint density at radius 2 is 2.21 bits per heavy atom. The van der Waals surface area contributed by atoms with E-state index in [9.17, 15) is 9.59 Å². The van der Waals surface area contributed by atoms with Crippen LogP contribution in [0, 0.1) is 11.3 Å². The van der Waals surface area contributed by atoms with E-state index in [1.165, 1.54) is 4.68 Å². The fourth-order valence-corrected chi connectivity index (χ4v) is 3.70. The first-order valence-electron chi connectivity index (χ1n) is 10.8. The summed E-state index contributed by atoms with van der Waals surface area (Å²) in [6, 6.07) is 12.3. The second-order valence-corrected chi connectivity index (χ2v) is 7.97. The van der Waals surface area contributed by atoms with E-state index in [-0.39, 0.29) is 18.2 Å². The Bertz CT molecular complexity index is 1230. The number of carbonyl (C=O) groups is 2. The highest BCUT2D eigenvalue weighted by atomic mass is 16.5. The average Bonchev–Trinajstić information content (AvgIpc) is 3.22. The first kappa shape index (κ1) is 22.9. The fraction of sp³-hybridized carbons (Fsp3) is 0.304. The quantitative estimate of drug-likeness (QED) is 0.458. The number of hydrogen-bond acceptors (Lipinski definition) is 9. The molecule has 174 valence electrons. The number of ether oxygens (including phenoxy) is 1. The standard InChI is InChI=1S/C23H24N8O3/c1-15(13-31-9-7-21(31)34-14-32)26-22(33)20-11-19(29-30(20)2)18-6-8-25-23(28-18)27-17-5-3-4-16(10-17)12-24/h3-6,8,10-11,14-15,21H,7,9,13H2,1-2H3,(H,26,33)(H,25,27,28)/t15-,21?/m0/s1. The first-order valence-corrected chi connectivity index (χ1v) is 10.8. The van der Waals surface area contributed by atoms with Gasteiger partial charge in [-0.1, -0.05) is 6.07 Å². The zero-order valence-corrected chi connectivity index (χ0v) is 18.8. The fourth-order valence-electron chi connectivity index (χ4n) is 3.70. The molecule has 0 saturated carbocycles. The van der Waals surface area contributed by atoms with Crippen LogP contribution in [0.4, 0.5) is 11.6 Å². The van der Waals surface area contributed by atoms with Crippen LogP contribution in [0.2, 0.25) is 0 Å². The number of carbonyl (C=O) groups excluding carboxylic acids is 2. The van der Waals surface area contributed by atoms with Gasteiger partial charge in [-0.3, -0.25) is 19.2 Å². The Morgan fingerprint density at radius 3 is 2.94 bits per heavy atom. The van der Waals surface area contributed by atoms with E-state index in [0.29, 0.717) is 47.3 Å². The summed E-state index contributed by atoms with van der Waals surface area (Å²) in [7, 11) is 1.69. The Morgan fingerprint density at radius 1 is 1.35 bits per heavy atom. The molecular weight excluding hydrogens is 436 g/mol. The average molecular weight is 460 g/mol. The molecule has 0 bridgehead atoms. The van der Waals surface area contributed by atoms with Crippen molar-refractivity contribution in [2.45, 2.75) is 25.6 Å². The van der Waals surface area contributed by atoms with E-state index >= 15 is 0 Å². The lowest BCUT2D eigenvalue weighted by molar-refractivity contribution is -0.157. The monoisotopic (exact) mass is 460 g/mol. The largest absolute Gasteiger partial charge is 0.448 e. The number of rotatable bonds is 9. The van der Waals surface area contributed by atoms with Gasteiger partial charge >= 0.3 is 0 Å². The maximum Gasteiger partial charge on any atom is 0.294 e. The van der Waals surface area contributed by atoms with E-state index in [2.05, 4.69) is 31.8 Å². The summed E-state index contributed by atoms with van der Waals surface area (Å²) >= 11 is 0. The van der Waals surface area contributed by atoms with Crippen molar-refractivity contribution in [2.75, 3.05) is 18.4 Å². The molecule has 34 heavy (non-hydrogen) atoms. The highest BCUT2D eigenvalue weighted by Crippen LogP contribution is 2.21. The smallest absolute Gasteiger partial charge is 0.294 e. The molecule has 3 aromatic rings. The minimum atomic E-state index is -0.261. The predicted octanol–water partition coefficient (Wildman–Crippen LogP) is 1.82. The van der Waals surface area contributed by atoms with Gasteiger partial charge in [0.15, 0.2) is 6.23 Å². The summed E-state index contributed by atoms with van der Waals surface area (Å²) in [6.45, 7) is 3.74. The highest BCUT2D eigenvalue weighted by Gasteiger charge is 2.30. The van der Waals surface area contributed by atoms with E-state index < -0.39 is 0 Å². The number of hydrogen-bond donors (Lipinski definition) is 2. The number of aromatic nitrogens is 4. The second-order valence-electron chi connectivity index (χ2n) is 7.97. The van der Waals surface area contributed by atoms with Gasteiger partial charge < -0.3 is 15.4 Å². The normalized spacial score (nSPS) is 16.1. The Labute approximate surface area is 196 Å².